The number of rotatable bonds is 7. The Morgan fingerprint density at radius 2 is 1.63 bits per heavy atom. The first-order valence-electron chi connectivity index (χ1n) is 8.71. The van der Waals surface area contributed by atoms with E-state index in [1.54, 1.807) is 48.5 Å². The number of anilines is 1. The van der Waals surface area contributed by atoms with Crippen LogP contribution in [0.2, 0.25) is 0 Å². The Bertz CT molecular complexity index is 892. The molecule has 0 radical (unpaired) electrons. The first-order valence-corrected chi connectivity index (χ1v) is 10.9. The molecule has 0 spiro atoms. The van der Waals surface area contributed by atoms with Crippen molar-refractivity contribution in [1.82, 2.24) is 5.32 Å². The minimum Gasteiger partial charge on any atom is -0.350 e. The maximum absolute atomic E-state index is 13.2. The van der Waals surface area contributed by atoms with Gasteiger partial charge in [-0.05, 0) is 63.6 Å². The summed E-state index contributed by atoms with van der Waals surface area (Å²) < 4.78 is 28.4. The molecular formula is C20H25BrN2O3S. The van der Waals surface area contributed by atoms with Crippen LogP contribution < -0.4 is 9.62 Å². The van der Waals surface area contributed by atoms with E-state index in [-0.39, 0.29) is 17.3 Å². The third-order valence-electron chi connectivity index (χ3n) is 4.37. The molecule has 2 aromatic rings. The van der Waals surface area contributed by atoms with Crippen LogP contribution in [0.3, 0.4) is 0 Å². The number of carbonyl (C=O) groups is 1. The maximum atomic E-state index is 13.2. The van der Waals surface area contributed by atoms with E-state index in [2.05, 4.69) is 21.2 Å². The number of carbonyl (C=O) groups excluding carboxylic acids is 1. The summed E-state index contributed by atoms with van der Waals surface area (Å²) in [7, 11) is -3.88. The molecule has 1 N–H and O–H groups in total. The van der Waals surface area contributed by atoms with Crippen LogP contribution in [-0.2, 0) is 14.8 Å². The van der Waals surface area contributed by atoms with E-state index in [1.807, 2.05) is 27.7 Å². The molecule has 5 nitrogen and oxygen atoms in total. The average molecular weight is 453 g/mol. The lowest BCUT2D eigenvalue weighted by Crippen LogP contribution is -2.48. The van der Waals surface area contributed by atoms with Gasteiger partial charge in [-0.1, -0.05) is 40.5 Å². The molecule has 1 amide bonds. The van der Waals surface area contributed by atoms with Gasteiger partial charge in [0.15, 0.2) is 0 Å². The fourth-order valence-corrected chi connectivity index (χ4v) is 4.08. The lowest BCUT2D eigenvalue weighted by Gasteiger charge is -2.28. The summed E-state index contributed by atoms with van der Waals surface area (Å²) in [5, 5.41) is 2.90. The molecule has 0 aliphatic carbocycles. The first-order chi connectivity index (χ1) is 12.5. The van der Waals surface area contributed by atoms with Gasteiger partial charge in [0.05, 0.1) is 10.6 Å². The molecule has 146 valence electrons. The predicted octanol–water partition coefficient (Wildman–Crippen LogP) is 4.26. The number of benzene rings is 2. The van der Waals surface area contributed by atoms with Crippen molar-refractivity contribution in [3.8, 4) is 0 Å². The summed E-state index contributed by atoms with van der Waals surface area (Å²) in [4.78, 5) is 12.7. The van der Waals surface area contributed by atoms with Crippen molar-refractivity contribution in [1.29, 1.82) is 0 Å². The second kappa shape index (κ2) is 8.44. The van der Waals surface area contributed by atoms with E-state index < -0.39 is 15.6 Å². The van der Waals surface area contributed by atoms with Crippen LogP contribution >= 0.6 is 15.9 Å². The number of hydrogen-bond acceptors (Lipinski definition) is 3. The lowest BCUT2D eigenvalue weighted by atomic mass is 10.0. The number of hydrogen-bond donors (Lipinski definition) is 1. The summed E-state index contributed by atoms with van der Waals surface area (Å²) in [5.41, 5.74) is 0.991. The van der Waals surface area contributed by atoms with Gasteiger partial charge in [-0.25, -0.2) is 8.42 Å². The van der Waals surface area contributed by atoms with Crippen molar-refractivity contribution in [2.75, 3.05) is 10.8 Å². The molecule has 0 bridgehead atoms. The zero-order valence-electron chi connectivity index (χ0n) is 16.0. The average Bonchev–Trinajstić information content (AvgIpc) is 2.60. The van der Waals surface area contributed by atoms with Crippen molar-refractivity contribution in [3.05, 3.63) is 58.6 Å². The fraction of sp³-hybridized carbons (Fsp3) is 0.350. The Hall–Kier alpha value is -1.86. The summed E-state index contributed by atoms with van der Waals surface area (Å²) in [6.45, 7) is 7.38. The number of nitrogens with zero attached hydrogens (tertiary/aromatic N) is 1. The summed E-state index contributed by atoms with van der Waals surface area (Å²) >= 11 is 3.35. The highest BCUT2D eigenvalue weighted by atomic mass is 79.9. The minimum atomic E-state index is -3.88. The molecule has 0 atom stereocenters. The van der Waals surface area contributed by atoms with Gasteiger partial charge in [-0.3, -0.25) is 9.10 Å². The van der Waals surface area contributed by atoms with E-state index in [1.165, 1.54) is 0 Å². The van der Waals surface area contributed by atoms with Gasteiger partial charge in [0.25, 0.3) is 10.0 Å². The van der Waals surface area contributed by atoms with Crippen LogP contribution in [0.4, 0.5) is 5.69 Å². The second-order valence-electron chi connectivity index (χ2n) is 7.09. The molecule has 0 aliphatic heterocycles. The predicted molar refractivity (Wildman–Crippen MR) is 112 cm³/mol. The van der Waals surface area contributed by atoms with Gasteiger partial charge < -0.3 is 5.32 Å². The van der Waals surface area contributed by atoms with Crippen molar-refractivity contribution in [3.63, 3.8) is 0 Å². The van der Waals surface area contributed by atoms with Crippen molar-refractivity contribution < 1.29 is 13.2 Å². The monoisotopic (exact) mass is 452 g/mol. The molecule has 0 heterocycles. The zero-order valence-corrected chi connectivity index (χ0v) is 18.4. The molecule has 0 aliphatic rings. The largest absolute Gasteiger partial charge is 0.350 e. The number of aryl methyl sites for hydroxylation is 1. The molecule has 0 saturated heterocycles. The van der Waals surface area contributed by atoms with Crippen LogP contribution in [0.1, 0.15) is 32.8 Å². The summed E-state index contributed by atoms with van der Waals surface area (Å²) in [6.07, 6.45) is 0.738. The highest BCUT2D eigenvalue weighted by molar-refractivity contribution is 9.10. The van der Waals surface area contributed by atoms with Gasteiger partial charge in [0.1, 0.15) is 6.54 Å². The van der Waals surface area contributed by atoms with E-state index >= 15 is 0 Å². The third kappa shape index (κ3) is 5.56. The van der Waals surface area contributed by atoms with Gasteiger partial charge >= 0.3 is 0 Å². The Morgan fingerprint density at radius 1 is 1.07 bits per heavy atom. The van der Waals surface area contributed by atoms with E-state index in [4.69, 9.17) is 0 Å². The molecule has 0 aromatic heterocycles. The Kier molecular flexibility index (Phi) is 6.70. The van der Waals surface area contributed by atoms with Crippen molar-refractivity contribution >= 4 is 37.5 Å². The maximum Gasteiger partial charge on any atom is 0.264 e. The van der Waals surface area contributed by atoms with Crippen molar-refractivity contribution in [2.45, 2.75) is 44.6 Å². The normalized spacial score (nSPS) is 11.9. The highest BCUT2D eigenvalue weighted by Crippen LogP contribution is 2.25. The number of sulfonamides is 1. The topological polar surface area (TPSA) is 66.5 Å². The first kappa shape index (κ1) is 21.4. The molecule has 2 rings (SSSR count). The molecule has 7 heteroatoms. The van der Waals surface area contributed by atoms with Crippen LogP contribution in [0.15, 0.2) is 57.9 Å². The number of amides is 1. The van der Waals surface area contributed by atoms with Gasteiger partial charge in [0, 0.05) is 10.0 Å². The Labute approximate surface area is 170 Å². The quantitative estimate of drug-likeness (QED) is 0.682. The second-order valence-corrected chi connectivity index (χ2v) is 9.86. The van der Waals surface area contributed by atoms with Crippen LogP contribution in [0.5, 0.6) is 0 Å². The summed E-state index contributed by atoms with van der Waals surface area (Å²) in [5.74, 6) is -0.347. The molecule has 0 unspecified atom stereocenters. The Morgan fingerprint density at radius 3 is 2.15 bits per heavy atom. The number of halogens is 1. The summed E-state index contributed by atoms with van der Waals surface area (Å²) in [6, 6.07) is 13.5. The van der Waals surface area contributed by atoms with E-state index in [9.17, 15) is 13.2 Å². The SMILES string of the molecule is CCC(C)(C)NC(=O)CN(c1ccc(Br)cc1)S(=O)(=O)c1ccc(C)cc1. The molecule has 27 heavy (non-hydrogen) atoms. The fourth-order valence-electron chi connectivity index (χ4n) is 2.40. The number of nitrogens with one attached hydrogen (secondary N) is 1. The van der Waals surface area contributed by atoms with Crippen LogP contribution in [0, 0.1) is 6.92 Å². The van der Waals surface area contributed by atoms with Gasteiger partial charge in [-0.15, -0.1) is 0 Å². The lowest BCUT2D eigenvalue weighted by molar-refractivity contribution is -0.121. The van der Waals surface area contributed by atoms with Crippen LogP contribution in [-0.4, -0.2) is 26.4 Å². The van der Waals surface area contributed by atoms with Gasteiger partial charge in [-0.2, -0.15) is 0 Å². The van der Waals surface area contributed by atoms with Crippen LogP contribution in [0.25, 0.3) is 0 Å². The van der Waals surface area contributed by atoms with Crippen molar-refractivity contribution in [2.24, 2.45) is 0 Å². The molecule has 0 saturated carbocycles. The minimum absolute atomic E-state index is 0.151. The zero-order chi connectivity index (χ0) is 20.2. The third-order valence-corrected chi connectivity index (χ3v) is 6.69. The van der Waals surface area contributed by atoms with Gasteiger partial charge in [0.2, 0.25) is 5.91 Å². The van der Waals surface area contributed by atoms with E-state index in [0.717, 1.165) is 20.8 Å². The standard InChI is InChI=1S/C20H25BrN2O3S/c1-5-20(3,4)22-19(24)14-23(17-10-8-16(21)9-11-17)27(25,26)18-12-6-15(2)7-13-18/h6-13H,5,14H2,1-4H3,(H,22,24). The Balaban J connectivity index is 2.42. The van der Waals surface area contributed by atoms with E-state index in [0.29, 0.717) is 5.69 Å². The molecule has 2 aromatic carbocycles. The molecule has 0 fully saturated rings. The smallest absolute Gasteiger partial charge is 0.264 e. The highest BCUT2D eigenvalue weighted by Gasteiger charge is 2.28. The molecular weight excluding hydrogens is 428 g/mol.